The van der Waals surface area contributed by atoms with E-state index in [1.165, 1.54) is 0 Å². The minimum atomic E-state index is 0.281. The van der Waals surface area contributed by atoms with E-state index in [1.54, 1.807) is 0 Å². The van der Waals surface area contributed by atoms with Crippen molar-refractivity contribution in [2.75, 3.05) is 5.73 Å². The summed E-state index contributed by atoms with van der Waals surface area (Å²) < 4.78 is 2.00. The van der Waals surface area contributed by atoms with E-state index >= 15 is 0 Å². The van der Waals surface area contributed by atoms with Gasteiger partial charge >= 0.3 is 0 Å². The lowest BCUT2D eigenvalue weighted by Crippen LogP contribution is -2.14. The third kappa shape index (κ3) is 2.86. The van der Waals surface area contributed by atoms with Crippen molar-refractivity contribution >= 4 is 33.4 Å². The van der Waals surface area contributed by atoms with Crippen LogP contribution in [0.2, 0.25) is 0 Å². The molecule has 0 unspecified atom stereocenters. The van der Waals surface area contributed by atoms with Gasteiger partial charge in [0.25, 0.3) is 0 Å². The summed E-state index contributed by atoms with van der Waals surface area (Å²) in [5.41, 5.74) is 30.4. The Morgan fingerprint density at radius 3 is 2.35 bits per heavy atom. The number of anilines is 1. The largest absolute Gasteiger partial charge is 0.384 e. The lowest BCUT2D eigenvalue weighted by atomic mass is 9.91. The number of aryl methyl sites for hydroxylation is 1. The number of benzene rings is 3. The zero-order valence-corrected chi connectivity index (χ0v) is 19.0. The molecule has 0 bridgehead atoms. The highest BCUT2D eigenvalue weighted by atomic mass is 15.1. The molecule has 3 heterocycles. The topological polar surface area (TPSA) is 111 Å². The number of rotatable bonds is 4. The first-order valence-corrected chi connectivity index (χ1v) is 11.4. The fourth-order valence-electron chi connectivity index (χ4n) is 5.12. The summed E-state index contributed by atoms with van der Waals surface area (Å²) in [4.78, 5) is 8.62. The van der Waals surface area contributed by atoms with Crippen molar-refractivity contribution in [3.05, 3.63) is 89.5 Å². The van der Waals surface area contributed by atoms with E-state index < -0.39 is 0 Å². The Morgan fingerprint density at radius 1 is 0.853 bits per heavy atom. The molecule has 3 aromatic heterocycles. The van der Waals surface area contributed by atoms with E-state index in [0.717, 1.165) is 66.7 Å². The molecule has 3 aromatic carbocycles. The maximum Gasteiger partial charge on any atom is 0.144 e. The molecule has 0 fully saturated rings. The van der Waals surface area contributed by atoms with Gasteiger partial charge in [0.1, 0.15) is 11.5 Å². The van der Waals surface area contributed by atoms with Crippen LogP contribution in [0.15, 0.2) is 72.8 Å². The zero-order valence-electron chi connectivity index (χ0n) is 19.0. The van der Waals surface area contributed by atoms with Crippen LogP contribution in [0.3, 0.4) is 0 Å². The van der Waals surface area contributed by atoms with E-state index in [1.807, 2.05) is 34.7 Å². The predicted octanol–water partition coefficient (Wildman–Crippen LogP) is 5.11. The summed E-state index contributed by atoms with van der Waals surface area (Å²) in [5, 5.41) is 1.10. The number of nitrogen functional groups attached to an aromatic ring is 1. The molecule has 0 aliphatic rings. The van der Waals surface area contributed by atoms with Gasteiger partial charge in [0.15, 0.2) is 0 Å². The van der Waals surface area contributed by atoms with Gasteiger partial charge in [-0.3, -0.25) is 4.40 Å². The summed E-state index contributed by atoms with van der Waals surface area (Å²) in [6.45, 7) is 2.65. The number of aromatic amines is 1. The number of H-pyrrole nitrogens is 1. The average molecular weight is 447 g/mol. The van der Waals surface area contributed by atoms with E-state index in [2.05, 4.69) is 54.4 Å². The highest BCUT2D eigenvalue weighted by molar-refractivity contribution is 6.07. The van der Waals surface area contributed by atoms with Crippen LogP contribution in [0.25, 0.3) is 50.0 Å². The SMILES string of the molecule is Cc1ccc2c(c1)nc1c(CN)c(-c3c(-c4ccccc4)[nH]c4ccccc34)c(CN)c(N)n12. The van der Waals surface area contributed by atoms with Gasteiger partial charge in [-0.25, -0.2) is 4.98 Å². The normalized spacial score (nSPS) is 11.7. The summed E-state index contributed by atoms with van der Waals surface area (Å²) in [6.07, 6.45) is 0. The lowest BCUT2D eigenvalue weighted by molar-refractivity contribution is 1.00. The van der Waals surface area contributed by atoms with Gasteiger partial charge in [-0.1, -0.05) is 54.6 Å². The number of nitrogens with one attached hydrogen (secondary N) is 1. The van der Waals surface area contributed by atoms with Crippen LogP contribution >= 0.6 is 0 Å². The smallest absolute Gasteiger partial charge is 0.144 e. The Labute approximate surface area is 197 Å². The fourth-order valence-corrected chi connectivity index (χ4v) is 5.12. The van der Waals surface area contributed by atoms with Gasteiger partial charge in [-0.15, -0.1) is 0 Å². The second kappa shape index (κ2) is 7.73. The standard InChI is InChI=1S/C28H26N6/c1-16-11-12-23-22(13-16)33-28-20(15-30)24(19(14-29)27(31)34(23)28)25-18-9-5-6-10-21(18)32-26(25)17-7-3-2-4-8-17/h2-13,32H,14-15,29-31H2,1H3. The van der Waals surface area contributed by atoms with Crippen molar-refractivity contribution in [3.63, 3.8) is 0 Å². The van der Waals surface area contributed by atoms with Crippen LogP contribution in [0.5, 0.6) is 0 Å². The molecule has 0 amide bonds. The molecule has 0 aliphatic heterocycles. The number of hydrogen-bond acceptors (Lipinski definition) is 4. The Kier molecular flexibility index (Phi) is 4.65. The highest BCUT2D eigenvalue weighted by Gasteiger charge is 2.25. The van der Waals surface area contributed by atoms with Crippen LogP contribution < -0.4 is 17.2 Å². The van der Waals surface area contributed by atoms with Gasteiger partial charge in [-0.2, -0.15) is 0 Å². The maximum atomic E-state index is 6.83. The van der Waals surface area contributed by atoms with E-state index in [0.29, 0.717) is 12.4 Å². The molecule has 34 heavy (non-hydrogen) atoms. The van der Waals surface area contributed by atoms with Gasteiger partial charge < -0.3 is 22.2 Å². The second-order valence-electron chi connectivity index (χ2n) is 8.68. The number of nitrogens with zero attached hydrogens (tertiary/aromatic N) is 2. The Hall–Kier alpha value is -4.13. The van der Waals surface area contributed by atoms with Crippen molar-refractivity contribution in [2.24, 2.45) is 11.5 Å². The van der Waals surface area contributed by atoms with Crippen LogP contribution in [-0.4, -0.2) is 14.4 Å². The number of hydrogen-bond donors (Lipinski definition) is 4. The minimum Gasteiger partial charge on any atom is -0.384 e. The lowest BCUT2D eigenvalue weighted by Gasteiger charge is -2.19. The Morgan fingerprint density at radius 2 is 1.59 bits per heavy atom. The average Bonchev–Trinajstić information content (AvgIpc) is 3.43. The molecule has 0 radical (unpaired) electrons. The maximum absolute atomic E-state index is 6.83. The first-order valence-electron chi connectivity index (χ1n) is 11.4. The van der Waals surface area contributed by atoms with Gasteiger partial charge in [0, 0.05) is 46.2 Å². The number of pyridine rings is 1. The monoisotopic (exact) mass is 446 g/mol. The molecular formula is C28H26N6. The van der Waals surface area contributed by atoms with Gasteiger partial charge in [0.05, 0.1) is 16.7 Å². The van der Waals surface area contributed by atoms with Crippen molar-refractivity contribution in [1.82, 2.24) is 14.4 Å². The number of imidazole rings is 1. The first kappa shape index (κ1) is 20.5. The van der Waals surface area contributed by atoms with E-state index in [4.69, 9.17) is 22.2 Å². The first-order chi connectivity index (χ1) is 16.6. The molecule has 6 aromatic rings. The number of para-hydroxylation sites is 1. The third-order valence-electron chi connectivity index (χ3n) is 6.66. The van der Waals surface area contributed by atoms with Crippen LogP contribution in [0, 0.1) is 6.92 Å². The minimum absolute atomic E-state index is 0.281. The molecule has 6 heteroatoms. The van der Waals surface area contributed by atoms with Crippen molar-refractivity contribution in [1.29, 1.82) is 0 Å². The summed E-state index contributed by atoms with van der Waals surface area (Å²) >= 11 is 0. The molecule has 6 rings (SSSR count). The molecule has 0 spiro atoms. The number of aromatic nitrogens is 3. The van der Waals surface area contributed by atoms with E-state index in [9.17, 15) is 0 Å². The Bertz CT molecular complexity index is 1690. The Balaban J connectivity index is 1.81. The van der Waals surface area contributed by atoms with Crippen molar-refractivity contribution < 1.29 is 0 Å². The predicted molar refractivity (Wildman–Crippen MR) is 140 cm³/mol. The number of fused-ring (bicyclic) bond motifs is 4. The quantitative estimate of drug-likeness (QED) is 0.301. The van der Waals surface area contributed by atoms with Crippen molar-refractivity contribution in [2.45, 2.75) is 20.0 Å². The van der Waals surface area contributed by atoms with Gasteiger partial charge in [0.2, 0.25) is 0 Å². The molecule has 7 N–H and O–H groups in total. The summed E-state index contributed by atoms with van der Waals surface area (Å²) in [7, 11) is 0. The molecule has 0 saturated heterocycles. The zero-order chi connectivity index (χ0) is 23.4. The molecular weight excluding hydrogens is 420 g/mol. The molecule has 0 atom stereocenters. The third-order valence-corrected chi connectivity index (χ3v) is 6.66. The molecule has 6 nitrogen and oxygen atoms in total. The second-order valence-corrected chi connectivity index (χ2v) is 8.68. The molecule has 168 valence electrons. The molecule has 0 saturated carbocycles. The van der Waals surface area contributed by atoms with E-state index in [-0.39, 0.29) is 6.54 Å². The summed E-state index contributed by atoms with van der Waals surface area (Å²) in [5.74, 6) is 0.598. The fraction of sp³-hybridized carbons (Fsp3) is 0.107. The van der Waals surface area contributed by atoms with Gasteiger partial charge in [-0.05, 0) is 36.2 Å². The number of nitrogens with two attached hydrogens (primary N) is 3. The molecule has 0 aliphatic carbocycles. The van der Waals surface area contributed by atoms with Crippen LogP contribution in [0.1, 0.15) is 16.7 Å². The van der Waals surface area contributed by atoms with Crippen LogP contribution in [0.4, 0.5) is 5.82 Å². The highest BCUT2D eigenvalue weighted by Crippen LogP contribution is 2.44. The van der Waals surface area contributed by atoms with Crippen LogP contribution in [-0.2, 0) is 13.1 Å². The van der Waals surface area contributed by atoms with Crippen molar-refractivity contribution in [3.8, 4) is 22.4 Å². The summed E-state index contributed by atoms with van der Waals surface area (Å²) in [6, 6.07) is 24.8.